The summed E-state index contributed by atoms with van der Waals surface area (Å²) in [7, 11) is 0. The number of carbonyl (C=O) groups is 1. The van der Waals surface area contributed by atoms with E-state index in [0.717, 1.165) is 63.5 Å². The molecule has 0 saturated carbocycles. The van der Waals surface area contributed by atoms with Gasteiger partial charge in [-0.25, -0.2) is 0 Å². The Bertz CT molecular complexity index is 508. The van der Waals surface area contributed by atoms with E-state index in [1.807, 2.05) is 17.0 Å². The smallest absolute Gasteiger partial charge is 0.227 e. The van der Waals surface area contributed by atoms with E-state index in [4.69, 9.17) is 4.74 Å². The first kappa shape index (κ1) is 14.4. The van der Waals surface area contributed by atoms with Crippen LogP contribution in [0.25, 0.3) is 0 Å². The number of hydrogen-bond donors (Lipinski definition) is 0. The first-order valence-corrected chi connectivity index (χ1v) is 8.01. The topological polar surface area (TPSA) is 32.8 Å². The minimum atomic E-state index is 0.252. The van der Waals surface area contributed by atoms with Gasteiger partial charge in [-0.1, -0.05) is 19.1 Å². The molecule has 1 saturated heterocycles. The average molecular weight is 288 g/mol. The van der Waals surface area contributed by atoms with Crippen LogP contribution >= 0.6 is 0 Å². The molecule has 1 amide bonds. The van der Waals surface area contributed by atoms with Crippen LogP contribution < -0.4 is 4.74 Å². The third kappa shape index (κ3) is 3.38. The maximum Gasteiger partial charge on any atom is 0.227 e. The number of fused-ring (bicyclic) bond motifs is 1. The molecule has 1 aromatic rings. The van der Waals surface area contributed by atoms with Crippen molar-refractivity contribution in [3.63, 3.8) is 0 Å². The molecule has 0 N–H and O–H groups in total. The Morgan fingerprint density at radius 1 is 1.24 bits per heavy atom. The van der Waals surface area contributed by atoms with Gasteiger partial charge in [0.25, 0.3) is 0 Å². The first-order valence-electron chi connectivity index (χ1n) is 8.01. The van der Waals surface area contributed by atoms with Gasteiger partial charge in [0.15, 0.2) is 0 Å². The van der Waals surface area contributed by atoms with Crippen molar-refractivity contribution in [1.29, 1.82) is 0 Å². The van der Waals surface area contributed by atoms with Crippen molar-refractivity contribution >= 4 is 5.91 Å². The lowest BCUT2D eigenvalue weighted by molar-refractivity contribution is -0.132. The second-order valence-corrected chi connectivity index (χ2v) is 5.89. The van der Waals surface area contributed by atoms with E-state index in [-0.39, 0.29) is 5.91 Å². The fraction of sp³-hybridized carbons (Fsp3) is 0.588. The fourth-order valence-electron chi connectivity index (χ4n) is 3.12. The van der Waals surface area contributed by atoms with Gasteiger partial charge in [-0.2, -0.15) is 0 Å². The van der Waals surface area contributed by atoms with Crippen molar-refractivity contribution in [3.05, 3.63) is 29.3 Å². The van der Waals surface area contributed by atoms with E-state index in [2.05, 4.69) is 17.9 Å². The standard InChI is InChI=1S/C17H24N2O2/c1-2-18-7-9-19(10-8-18)17(20)13-14-5-6-16-15(12-14)4-3-11-21-16/h5-6,12H,2-4,7-11,13H2,1H3. The molecule has 0 aromatic heterocycles. The van der Waals surface area contributed by atoms with Crippen LogP contribution in [0.2, 0.25) is 0 Å². The Morgan fingerprint density at radius 3 is 2.81 bits per heavy atom. The quantitative estimate of drug-likeness (QED) is 0.849. The summed E-state index contributed by atoms with van der Waals surface area (Å²) >= 11 is 0. The molecule has 3 rings (SSSR count). The average Bonchev–Trinajstić information content (AvgIpc) is 2.55. The number of carbonyl (C=O) groups excluding carboxylic acids is 1. The van der Waals surface area contributed by atoms with Crippen molar-refractivity contribution in [2.24, 2.45) is 0 Å². The molecule has 0 radical (unpaired) electrons. The molecule has 1 fully saturated rings. The molecule has 0 atom stereocenters. The highest BCUT2D eigenvalue weighted by molar-refractivity contribution is 5.79. The molecular weight excluding hydrogens is 264 g/mol. The van der Waals surface area contributed by atoms with Gasteiger partial charge in [0.05, 0.1) is 13.0 Å². The highest BCUT2D eigenvalue weighted by Gasteiger charge is 2.20. The number of likely N-dealkylation sites (N-methyl/N-ethyl adjacent to an activating group) is 1. The molecule has 2 heterocycles. The minimum absolute atomic E-state index is 0.252. The van der Waals surface area contributed by atoms with Crippen LogP contribution in [0.3, 0.4) is 0 Å². The number of ether oxygens (including phenoxy) is 1. The molecule has 0 aliphatic carbocycles. The molecule has 114 valence electrons. The second-order valence-electron chi connectivity index (χ2n) is 5.89. The van der Waals surface area contributed by atoms with Crippen molar-refractivity contribution in [2.45, 2.75) is 26.2 Å². The van der Waals surface area contributed by atoms with E-state index in [9.17, 15) is 4.79 Å². The van der Waals surface area contributed by atoms with Crippen LogP contribution in [0.4, 0.5) is 0 Å². The summed E-state index contributed by atoms with van der Waals surface area (Å²) < 4.78 is 5.62. The van der Waals surface area contributed by atoms with Crippen LogP contribution in [-0.2, 0) is 17.6 Å². The van der Waals surface area contributed by atoms with E-state index < -0.39 is 0 Å². The first-order chi connectivity index (χ1) is 10.3. The third-order valence-corrected chi connectivity index (χ3v) is 4.50. The number of amides is 1. The van der Waals surface area contributed by atoms with E-state index in [0.29, 0.717) is 6.42 Å². The molecule has 4 heteroatoms. The van der Waals surface area contributed by atoms with E-state index in [1.54, 1.807) is 0 Å². The zero-order chi connectivity index (χ0) is 14.7. The summed E-state index contributed by atoms with van der Waals surface area (Å²) in [6.07, 6.45) is 2.65. The largest absolute Gasteiger partial charge is 0.493 e. The van der Waals surface area contributed by atoms with Crippen molar-refractivity contribution in [3.8, 4) is 5.75 Å². The maximum atomic E-state index is 12.4. The molecule has 0 spiro atoms. The number of benzene rings is 1. The molecule has 21 heavy (non-hydrogen) atoms. The van der Waals surface area contributed by atoms with Crippen molar-refractivity contribution in [1.82, 2.24) is 9.80 Å². The van der Waals surface area contributed by atoms with Crippen LogP contribution in [0.5, 0.6) is 5.75 Å². The lowest BCUT2D eigenvalue weighted by atomic mass is 10.0. The normalized spacial score (nSPS) is 19.0. The Morgan fingerprint density at radius 2 is 2.05 bits per heavy atom. The van der Waals surface area contributed by atoms with Crippen LogP contribution in [0, 0.1) is 0 Å². The lowest BCUT2D eigenvalue weighted by Gasteiger charge is -2.34. The Labute approximate surface area is 126 Å². The van der Waals surface area contributed by atoms with Gasteiger partial charge in [0.1, 0.15) is 5.75 Å². The van der Waals surface area contributed by atoms with Gasteiger partial charge >= 0.3 is 0 Å². The van der Waals surface area contributed by atoms with Gasteiger partial charge in [0.2, 0.25) is 5.91 Å². The SMILES string of the molecule is CCN1CCN(C(=O)Cc2ccc3c(c2)CCCO3)CC1. The molecule has 2 aliphatic rings. The fourth-order valence-corrected chi connectivity index (χ4v) is 3.12. The van der Waals surface area contributed by atoms with Crippen molar-refractivity contribution < 1.29 is 9.53 Å². The summed E-state index contributed by atoms with van der Waals surface area (Å²) in [4.78, 5) is 16.8. The summed E-state index contributed by atoms with van der Waals surface area (Å²) in [5.41, 5.74) is 2.37. The van der Waals surface area contributed by atoms with Gasteiger partial charge in [0, 0.05) is 26.2 Å². The van der Waals surface area contributed by atoms with Crippen molar-refractivity contribution in [2.75, 3.05) is 39.3 Å². The molecule has 1 aromatic carbocycles. The van der Waals surface area contributed by atoms with Gasteiger partial charge in [-0.15, -0.1) is 0 Å². The second kappa shape index (κ2) is 6.48. The van der Waals surface area contributed by atoms with Gasteiger partial charge < -0.3 is 14.5 Å². The monoisotopic (exact) mass is 288 g/mol. The van der Waals surface area contributed by atoms with Crippen LogP contribution in [0.1, 0.15) is 24.5 Å². The van der Waals surface area contributed by atoms with E-state index in [1.165, 1.54) is 5.56 Å². The number of piperazine rings is 1. The molecule has 0 unspecified atom stereocenters. The Kier molecular flexibility index (Phi) is 4.44. The zero-order valence-corrected chi connectivity index (χ0v) is 12.8. The van der Waals surface area contributed by atoms with Gasteiger partial charge in [-0.05, 0) is 36.6 Å². The molecule has 0 bridgehead atoms. The molecule has 4 nitrogen and oxygen atoms in total. The van der Waals surface area contributed by atoms with Crippen LogP contribution in [-0.4, -0.2) is 55.0 Å². The summed E-state index contributed by atoms with van der Waals surface area (Å²) in [5, 5.41) is 0. The maximum absolute atomic E-state index is 12.4. The summed E-state index contributed by atoms with van der Waals surface area (Å²) in [6.45, 7) is 7.79. The number of aryl methyl sites for hydroxylation is 1. The van der Waals surface area contributed by atoms with Crippen LogP contribution in [0.15, 0.2) is 18.2 Å². The summed E-state index contributed by atoms with van der Waals surface area (Å²) in [6, 6.07) is 6.20. The highest BCUT2D eigenvalue weighted by atomic mass is 16.5. The molecule has 2 aliphatic heterocycles. The Balaban J connectivity index is 1.60. The summed E-state index contributed by atoms with van der Waals surface area (Å²) in [5.74, 6) is 1.25. The number of rotatable bonds is 3. The number of hydrogen-bond acceptors (Lipinski definition) is 3. The Hall–Kier alpha value is -1.55. The number of nitrogens with zero attached hydrogens (tertiary/aromatic N) is 2. The van der Waals surface area contributed by atoms with E-state index >= 15 is 0 Å². The minimum Gasteiger partial charge on any atom is -0.493 e. The highest BCUT2D eigenvalue weighted by Crippen LogP contribution is 2.25. The van der Waals surface area contributed by atoms with Gasteiger partial charge in [-0.3, -0.25) is 4.79 Å². The predicted molar refractivity (Wildman–Crippen MR) is 82.7 cm³/mol. The zero-order valence-electron chi connectivity index (χ0n) is 12.8. The molecular formula is C17H24N2O2. The predicted octanol–water partition coefficient (Wildman–Crippen LogP) is 1.72. The lowest BCUT2D eigenvalue weighted by Crippen LogP contribution is -2.48. The third-order valence-electron chi connectivity index (χ3n) is 4.50.